The molecule has 2 aromatic rings. The molecule has 0 aliphatic carbocycles. The molecular weight excluding hydrogens is 322 g/mol. The van der Waals surface area contributed by atoms with E-state index in [1.54, 1.807) is 7.11 Å². The van der Waals surface area contributed by atoms with Crippen molar-refractivity contribution in [2.24, 2.45) is 0 Å². The lowest BCUT2D eigenvalue weighted by Crippen LogP contribution is -2.15. The summed E-state index contributed by atoms with van der Waals surface area (Å²) in [7, 11) is 3.65. The van der Waals surface area contributed by atoms with Gasteiger partial charge in [-0.3, -0.25) is 0 Å². The normalized spacial score (nSPS) is 11.0. The average Bonchev–Trinajstić information content (AvgIpc) is 2.61. The lowest BCUT2D eigenvalue weighted by molar-refractivity contribution is 0.293. The Kier molecular flexibility index (Phi) is 6.23. The Morgan fingerprint density at radius 3 is 2.54 bits per heavy atom. The van der Waals surface area contributed by atoms with Gasteiger partial charge in [0.1, 0.15) is 5.82 Å². The Bertz CT molecular complexity index is 835. The third-order valence-electron chi connectivity index (χ3n) is 4.24. The molecule has 0 atom stereocenters. The topological polar surface area (TPSA) is 37.4 Å². The number of ether oxygens (including phenoxy) is 1. The maximum absolute atomic E-state index is 5.16. The van der Waals surface area contributed by atoms with E-state index in [1.807, 2.05) is 51.4 Å². The summed E-state index contributed by atoms with van der Waals surface area (Å²) in [6, 6.07) is 10.2. The Hall–Kier alpha value is -3.01. The van der Waals surface area contributed by atoms with Gasteiger partial charge in [-0.25, -0.2) is 4.98 Å². The molecule has 0 spiro atoms. The van der Waals surface area contributed by atoms with Gasteiger partial charge in [0, 0.05) is 35.9 Å². The number of nitrogens with one attached hydrogen (secondary N) is 1. The van der Waals surface area contributed by atoms with E-state index in [0.717, 1.165) is 45.3 Å². The first-order valence-electron chi connectivity index (χ1n) is 8.47. The number of nitrogens with zero attached hydrogens (tertiary/aromatic N) is 2. The van der Waals surface area contributed by atoms with Gasteiger partial charge >= 0.3 is 0 Å². The lowest BCUT2D eigenvalue weighted by atomic mass is 10.0. The van der Waals surface area contributed by atoms with Crippen LogP contribution in [0.3, 0.4) is 0 Å². The molecule has 0 bridgehead atoms. The van der Waals surface area contributed by atoms with Crippen LogP contribution in [0.4, 0.5) is 11.5 Å². The van der Waals surface area contributed by atoms with Crippen molar-refractivity contribution in [2.45, 2.75) is 20.8 Å². The maximum Gasteiger partial charge on any atom is 0.132 e. The number of rotatable bonds is 7. The molecule has 2 rings (SSSR count). The molecule has 0 aliphatic rings. The number of allylic oxidation sites excluding steroid dienone is 2. The Morgan fingerprint density at radius 1 is 1.19 bits per heavy atom. The fourth-order valence-electron chi connectivity index (χ4n) is 2.70. The highest BCUT2D eigenvalue weighted by molar-refractivity contribution is 5.74. The Balaban J connectivity index is 2.27. The highest BCUT2D eigenvalue weighted by Crippen LogP contribution is 2.30. The molecule has 1 aromatic heterocycles. The molecule has 0 fully saturated rings. The summed E-state index contributed by atoms with van der Waals surface area (Å²) in [6.45, 7) is 14.2. The number of methoxy groups -OCH3 is 1. The summed E-state index contributed by atoms with van der Waals surface area (Å²) in [5.41, 5.74) is 5.90. The molecule has 0 amide bonds. The van der Waals surface area contributed by atoms with Crippen LogP contribution < -0.4 is 10.2 Å². The summed E-state index contributed by atoms with van der Waals surface area (Å²) in [6.07, 6.45) is 3.71. The van der Waals surface area contributed by atoms with E-state index in [9.17, 15) is 0 Å². The molecule has 4 heteroatoms. The lowest BCUT2D eigenvalue weighted by Gasteiger charge is -2.23. The SMILES string of the molecule is C=C(/C=C(\C)OC)NC(=C)c1cccc(N(C)c2ccc(C)cn2)c1C. The molecule has 0 saturated heterocycles. The van der Waals surface area contributed by atoms with E-state index in [0.29, 0.717) is 0 Å². The van der Waals surface area contributed by atoms with Crippen molar-refractivity contribution in [1.29, 1.82) is 0 Å². The largest absolute Gasteiger partial charge is 0.501 e. The molecule has 0 saturated carbocycles. The molecule has 4 nitrogen and oxygen atoms in total. The van der Waals surface area contributed by atoms with Crippen LogP contribution in [0, 0.1) is 13.8 Å². The number of anilines is 2. The zero-order valence-electron chi connectivity index (χ0n) is 16.3. The highest BCUT2D eigenvalue weighted by atomic mass is 16.5. The molecule has 1 heterocycles. The highest BCUT2D eigenvalue weighted by Gasteiger charge is 2.12. The minimum atomic E-state index is 0.729. The van der Waals surface area contributed by atoms with Crippen LogP contribution in [0.15, 0.2) is 67.2 Å². The third-order valence-corrected chi connectivity index (χ3v) is 4.24. The van der Waals surface area contributed by atoms with Gasteiger partial charge in [-0.1, -0.05) is 31.4 Å². The summed E-state index contributed by atoms with van der Waals surface area (Å²) in [5, 5.41) is 3.24. The number of hydrogen-bond acceptors (Lipinski definition) is 4. The number of benzene rings is 1. The third kappa shape index (κ3) is 4.54. The van der Waals surface area contributed by atoms with Crippen molar-refractivity contribution in [3.8, 4) is 0 Å². The van der Waals surface area contributed by atoms with E-state index in [1.165, 1.54) is 0 Å². The van der Waals surface area contributed by atoms with Crippen molar-refractivity contribution >= 4 is 17.2 Å². The number of pyridine rings is 1. The van der Waals surface area contributed by atoms with Gasteiger partial charge in [0.2, 0.25) is 0 Å². The van der Waals surface area contributed by atoms with Crippen molar-refractivity contribution in [2.75, 3.05) is 19.1 Å². The monoisotopic (exact) mass is 349 g/mol. The predicted molar refractivity (Wildman–Crippen MR) is 110 cm³/mol. The fraction of sp³-hybridized carbons (Fsp3) is 0.227. The van der Waals surface area contributed by atoms with E-state index < -0.39 is 0 Å². The summed E-state index contributed by atoms with van der Waals surface area (Å²) in [4.78, 5) is 6.59. The van der Waals surface area contributed by atoms with E-state index in [4.69, 9.17) is 4.74 Å². The summed E-state index contributed by atoms with van der Waals surface area (Å²) < 4.78 is 5.16. The van der Waals surface area contributed by atoms with E-state index >= 15 is 0 Å². The van der Waals surface area contributed by atoms with Crippen LogP contribution in [0.2, 0.25) is 0 Å². The van der Waals surface area contributed by atoms with Gasteiger partial charge in [-0.2, -0.15) is 0 Å². The minimum Gasteiger partial charge on any atom is -0.501 e. The molecule has 1 N–H and O–H groups in total. The second kappa shape index (κ2) is 8.39. The molecule has 1 aromatic carbocycles. The molecule has 0 radical (unpaired) electrons. The van der Waals surface area contributed by atoms with Gasteiger partial charge in [0.25, 0.3) is 0 Å². The Morgan fingerprint density at radius 2 is 1.92 bits per heavy atom. The van der Waals surface area contributed by atoms with Crippen LogP contribution in [-0.2, 0) is 4.74 Å². The van der Waals surface area contributed by atoms with Crippen molar-refractivity contribution < 1.29 is 4.74 Å². The van der Waals surface area contributed by atoms with E-state index in [-0.39, 0.29) is 0 Å². The first-order chi connectivity index (χ1) is 12.3. The quantitative estimate of drug-likeness (QED) is 0.558. The first-order valence-corrected chi connectivity index (χ1v) is 8.47. The molecule has 0 aliphatic heterocycles. The molecular formula is C22H27N3O. The predicted octanol–water partition coefficient (Wildman–Crippen LogP) is 5.09. The van der Waals surface area contributed by atoms with Gasteiger partial charge in [-0.15, -0.1) is 0 Å². The second-order valence-corrected chi connectivity index (χ2v) is 6.29. The second-order valence-electron chi connectivity index (χ2n) is 6.29. The fourth-order valence-corrected chi connectivity index (χ4v) is 2.70. The Labute approximate surface area is 156 Å². The molecule has 26 heavy (non-hydrogen) atoms. The minimum absolute atomic E-state index is 0.729. The smallest absolute Gasteiger partial charge is 0.132 e. The van der Waals surface area contributed by atoms with Crippen LogP contribution in [-0.4, -0.2) is 19.1 Å². The van der Waals surface area contributed by atoms with Gasteiger partial charge in [0.05, 0.1) is 12.9 Å². The first kappa shape index (κ1) is 19.3. The zero-order valence-corrected chi connectivity index (χ0v) is 16.3. The van der Waals surface area contributed by atoms with Crippen molar-refractivity contribution in [3.63, 3.8) is 0 Å². The van der Waals surface area contributed by atoms with Gasteiger partial charge in [-0.05, 0) is 50.1 Å². The molecule has 136 valence electrons. The van der Waals surface area contributed by atoms with Gasteiger partial charge < -0.3 is 15.0 Å². The van der Waals surface area contributed by atoms with E-state index in [2.05, 4.69) is 47.4 Å². The van der Waals surface area contributed by atoms with Crippen molar-refractivity contribution in [1.82, 2.24) is 10.3 Å². The van der Waals surface area contributed by atoms with Gasteiger partial charge in [0.15, 0.2) is 0 Å². The summed E-state index contributed by atoms with van der Waals surface area (Å²) in [5.74, 6) is 1.68. The maximum atomic E-state index is 5.16. The number of aromatic nitrogens is 1. The van der Waals surface area contributed by atoms with Crippen LogP contribution >= 0.6 is 0 Å². The van der Waals surface area contributed by atoms with Crippen LogP contribution in [0.5, 0.6) is 0 Å². The standard InChI is InChI=1S/C22H27N3O/c1-15-11-12-22(23-14-15)25(6)21-10-8-9-20(18(21)4)19(5)24-16(2)13-17(3)26-7/h8-14,24H,2,5H2,1,3-4,6-7H3/b17-13+. The van der Waals surface area contributed by atoms with Crippen LogP contribution in [0.1, 0.15) is 23.6 Å². The number of hydrogen-bond donors (Lipinski definition) is 1. The van der Waals surface area contributed by atoms with Crippen LogP contribution in [0.25, 0.3) is 5.70 Å². The zero-order chi connectivity index (χ0) is 19.3. The molecule has 0 unspecified atom stereocenters. The van der Waals surface area contributed by atoms with Crippen molar-refractivity contribution in [3.05, 3.63) is 83.9 Å². The summed E-state index contributed by atoms with van der Waals surface area (Å²) >= 11 is 0. The average molecular weight is 349 g/mol. The number of aryl methyl sites for hydroxylation is 1.